The molecule has 3 aromatic carbocycles. The van der Waals surface area contributed by atoms with E-state index < -0.39 is 0 Å². The lowest BCUT2D eigenvalue weighted by atomic mass is 9.90. The minimum atomic E-state index is -0.331. The molecule has 3 aromatic rings. The van der Waals surface area contributed by atoms with Crippen molar-refractivity contribution in [3.05, 3.63) is 95.1 Å². The van der Waals surface area contributed by atoms with Crippen molar-refractivity contribution >= 4 is 17.6 Å². The van der Waals surface area contributed by atoms with Gasteiger partial charge in [0.15, 0.2) is 0 Å². The van der Waals surface area contributed by atoms with Gasteiger partial charge in [-0.15, -0.1) is 0 Å². The molecular formula is C29H28O4. The standard InChI is InChI=1S/C29H28O4/c1-4-33-28(30)14-11-20-7-5-9-23(15-20)27-10-6-8-22-12-13-24(29(22)27)16-21-17-25(31-2)19-26(18-21)32-3/h5-11,13-15,17-19H,4,12,16H2,1-3H3/b14-11+. The first-order valence-corrected chi connectivity index (χ1v) is 11.1. The van der Waals surface area contributed by atoms with Crippen LogP contribution in [0, 0.1) is 0 Å². The van der Waals surface area contributed by atoms with Crippen LogP contribution in [0.15, 0.2) is 72.8 Å². The molecule has 0 unspecified atom stereocenters. The van der Waals surface area contributed by atoms with Crippen LogP contribution in [-0.4, -0.2) is 26.8 Å². The van der Waals surface area contributed by atoms with Crippen molar-refractivity contribution in [1.82, 2.24) is 0 Å². The number of hydrogen-bond acceptors (Lipinski definition) is 4. The van der Waals surface area contributed by atoms with Crippen molar-refractivity contribution in [2.75, 3.05) is 20.8 Å². The second-order valence-electron chi connectivity index (χ2n) is 7.88. The van der Waals surface area contributed by atoms with Crippen LogP contribution in [0.4, 0.5) is 0 Å². The topological polar surface area (TPSA) is 44.8 Å². The van der Waals surface area contributed by atoms with Gasteiger partial charge in [-0.1, -0.05) is 42.5 Å². The number of benzene rings is 3. The third kappa shape index (κ3) is 5.17. The number of rotatable bonds is 8. The van der Waals surface area contributed by atoms with E-state index in [1.54, 1.807) is 27.2 Å². The molecular weight excluding hydrogens is 412 g/mol. The van der Waals surface area contributed by atoms with Crippen LogP contribution in [0.1, 0.15) is 29.2 Å². The third-order valence-corrected chi connectivity index (χ3v) is 5.74. The molecule has 0 atom stereocenters. The molecule has 168 valence electrons. The van der Waals surface area contributed by atoms with Crippen LogP contribution in [0.2, 0.25) is 0 Å². The zero-order valence-corrected chi connectivity index (χ0v) is 19.3. The lowest BCUT2D eigenvalue weighted by Crippen LogP contribution is -1.98. The highest BCUT2D eigenvalue weighted by atomic mass is 16.5. The first-order valence-electron chi connectivity index (χ1n) is 11.1. The molecule has 0 saturated heterocycles. The molecule has 0 amide bonds. The van der Waals surface area contributed by atoms with Crippen molar-refractivity contribution in [3.63, 3.8) is 0 Å². The first-order chi connectivity index (χ1) is 16.1. The number of carbonyl (C=O) groups is 1. The summed E-state index contributed by atoms with van der Waals surface area (Å²) >= 11 is 0. The molecule has 0 N–H and O–H groups in total. The van der Waals surface area contributed by atoms with Crippen LogP contribution >= 0.6 is 0 Å². The summed E-state index contributed by atoms with van der Waals surface area (Å²) < 4.78 is 15.9. The average molecular weight is 441 g/mol. The molecule has 33 heavy (non-hydrogen) atoms. The van der Waals surface area contributed by atoms with E-state index in [4.69, 9.17) is 14.2 Å². The summed E-state index contributed by atoms with van der Waals surface area (Å²) in [5.41, 5.74) is 8.32. The largest absolute Gasteiger partial charge is 0.497 e. The van der Waals surface area contributed by atoms with E-state index in [0.29, 0.717) is 6.61 Å². The van der Waals surface area contributed by atoms with Crippen LogP contribution in [0.3, 0.4) is 0 Å². The maximum absolute atomic E-state index is 11.7. The molecule has 4 rings (SSSR count). The Kier molecular flexibility index (Phi) is 6.94. The smallest absolute Gasteiger partial charge is 0.330 e. The highest BCUT2D eigenvalue weighted by Gasteiger charge is 2.19. The monoisotopic (exact) mass is 440 g/mol. The predicted octanol–water partition coefficient (Wildman–Crippen LogP) is 6.13. The van der Waals surface area contributed by atoms with Crippen molar-refractivity contribution in [2.45, 2.75) is 19.8 Å². The van der Waals surface area contributed by atoms with Gasteiger partial charge >= 0.3 is 5.97 Å². The Morgan fingerprint density at radius 1 is 0.970 bits per heavy atom. The Morgan fingerprint density at radius 2 is 1.73 bits per heavy atom. The summed E-state index contributed by atoms with van der Waals surface area (Å²) in [5, 5.41) is 0. The van der Waals surface area contributed by atoms with Gasteiger partial charge in [0.25, 0.3) is 0 Å². The zero-order chi connectivity index (χ0) is 23.2. The van der Waals surface area contributed by atoms with Crippen molar-refractivity contribution < 1.29 is 19.0 Å². The molecule has 0 spiro atoms. The summed E-state index contributed by atoms with van der Waals surface area (Å²) in [6.07, 6.45) is 7.29. The fraction of sp³-hybridized carbons (Fsp3) is 0.207. The molecule has 0 saturated carbocycles. The van der Waals surface area contributed by atoms with Crippen molar-refractivity contribution in [1.29, 1.82) is 0 Å². The summed E-state index contributed by atoms with van der Waals surface area (Å²) in [7, 11) is 3.34. The Labute approximate surface area is 195 Å². The summed E-state index contributed by atoms with van der Waals surface area (Å²) in [6.45, 7) is 2.17. The number of esters is 1. The maximum Gasteiger partial charge on any atom is 0.330 e. The highest BCUT2D eigenvalue weighted by Crippen LogP contribution is 2.39. The SMILES string of the molecule is CCOC(=O)/C=C/c1cccc(-c2cccc3c2C(Cc2cc(OC)cc(OC)c2)=CC3)c1. The van der Waals surface area contributed by atoms with Gasteiger partial charge in [-0.05, 0) is 83.0 Å². The molecule has 0 bridgehead atoms. The molecule has 0 fully saturated rings. The number of fused-ring (bicyclic) bond motifs is 1. The van der Waals surface area contributed by atoms with E-state index in [9.17, 15) is 4.79 Å². The van der Waals surface area contributed by atoms with Gasteiger partial charge < -0.3 is 14.2 Å². The van der Waals surface area contributed by atoms with Crippen molar-refractivity contribution in [3.8, 4) is 22.6 Å². The normalized spacial score (nSPS) is 12.4. The quantitative estimate of drug-likeness (QED) is 0.312. The van der Waals surface area contributed by atoms with Gasteiger partial charge in [0, 0.05) is 12.1 Å². The zero-order valence-electron chi connectivity index (χ0n) is 19.3. The Morgan fingerprint density at radius 3 is 2.45 bits per heavy atom. The Hall–Kier alpha value is -3.79. The van der Waals surface area contributed by atoms with E-state index in [1.807, 2.05) is 18.2 Å². The first kappa shape index (κ1) is 22.4. The summed E-state index contributed by atoms with van der Waals surface area (Å²) in [4.78, 5) is 11.7. The van der Waals surface area contributed by atoms with Gasteiger partial charge in [-0.25, -0.2) is 4.79 Å². The van der Waals surface area contributed by atoms with Crippen LogP contribution in [0.5, 0.6) is 11.5 Å². The molecule has 4 heteroatoms. The molecule has 0 aliphatic heterocycles. The number of hydrogen-bond donors (Lipinski definition) is 0. The molecule has 0 radical (unpaired) electrons. The third-order valence-electron chi connectivity index (χ3n) is 5.74. The molecule has 1 aliphatic rings. The van der Waals surface area contributed by atoms with E-state index in [-0.39, 0.29) is 5.97 Å². The average Bonchev–Trinajstić information content (AvgIpc) is 3.25. The van der Waals surface area contributed by atoms with Crippen molar-refractivity contribution in [2.24, 2.45) is 0 Å². The van der Waals surface area contributed by atoms with Gasteiger partial charge in [0.05, 0.1) is 20.8 Å². The minimum Gasteiger partial charge on any atom is -0.497 e. The highest BCUT2D eigenvalue weighted by molar-refractivity contribution is 5.89. The van der Waals surface area contributed by atoms with Crippen LogP contribution in [0.25, 0.3) is 22.8 Å². The van der Waals surface area contributed by atoms with E-state index >= 15 is 0 Å². The number of allylic oxidation sites excluding steroid dienone is 2. The van der Waals surface area contributed by atoms with E-state index in [0.717, 1.165) is 41.0 Å². The van der Waals surface area contributed by atoms with Crippen LogP contribution < -0.4 is 9.47 Å². The molecule has 4 nitrogen and oxygen atoms in total. The van der Waals surface area contributed by atoms with Gasteiger partial charge in [-0.3, -0.25) is 0 Å². The Bertz CT molecular complexity index is 1200. The number of methoxy groups -OCH3 is 2. The maximum atomic E-state index is 11.7. The molecule has 1 aliphatic carbocycles. The van der Waals surface area contributed by atoms with Gasteiger partial charge in [0.2, 0.25) is 0 Å². The fourth-order valence-corrected chi connectivity index (χ4v) is 4.24. The summed E-state index contributed by atoms with van der Waals surface area (Å²) in [5.74, 6) is 1.25. The van der Waals surface area contributed by atoms with E-state index in [1.165, 1.54) is 28.3 Å². The minimum absolute atomic E-state index is 0.331. The van der Waals surface area contributed by atoms with Gasteiger partial charge in [-0.2, -0.15) is 0 Å². The lowest BCUT2D eigenvalue weighted by molar-refractivity contribution is -0.137. The molecule has 0 heterocycles. The lowest BCUT2D eigenvalue weighted by Gasteiger charge is -2.15. The Balaban J connectivity index is 1.66. The number of ether oxygens (including phenoxy) is 3. The predicted molar refractivity (Wildman–Crippen MR) is 132 cm³/mol. The van der Waals surface area contributed by atoms with Crippen LogP contribution in [-0.2, 0) is 22.4 Å². The number of carbonyl (C=O) groups excluding carboxylic acids is 1. The molecule has 0 aromatic heterocycles. The summed E-state index contributed by atoms with van der Waals surface area (Å²) in [6, 6.07) is 20.7. The van der Waals surface area contributed by atoms with Gasteiger partial charge in [0.1, 0.15) is 11.5 Å². The second-order valence-corrected chi connectivity index (χ2v) is 7.88. The fourth-order valence-electron chi connectivity index (χ4n) is 4.24. The second kappa shape index (κ2) is 10.2. The van der Waals surface area contributed by atoms with E-state index in [2.05, 4.69) is 48.5 Å².